The van der Waals surface area contributed by atoms with Crippen LogP contribution in [-0.4, -0.2) is 23.4 Å². The Kier molecular flexibility index (Phi) is 1.58. The highest BCUT2D eigenvalue weighted by atomic mass is 32.2. The average molecular weight is 129 g/mol. The van der Waals surface area contributed by atoms with Gasteiger partial charge in [-0.15, -0.1) is 0 Å². The van der Waals surface area contributed by atoms with E-state index in [2.05, 4.69) is 0 Å². The monoisotopic (exact) mass is 129 g/mol. The fraction of sp³-hybridized carbons (Fsp3) is 0.400. The quantitative estimate of drug-likeness (QED) is 0.383. The van der Waals surface area contributed by atoms with Crippen molar-refractivity contribution in [2.45, 2.75) is 0 Å². The van der Waals surface area contributed by atoms with Crippen molar-refractivity contribution in [3.63, 3.8) is 0 Å². The van der Waals surface area contributed by atoms with Gasteiger partial charge in [0.05, 0.1) is 0 Å². The first-order valence-corrected chi connectivity index (χ1v) is 3.29. The van der Waals surface area contributed by atoms with E-state index in [-0.39, 0.29) is 0 Å². The van der Waals surface area contributed by atoms with Crippen molar-refractivity contribution in [3.8, 4) is 0 Å². The molecular formula is C5H7NOS. The Balaban J connectivity index is 2.56. The first kappa shape index (κ1) is 5.69. The van der Waals surface area contributed by atoms with Crippen LogP contribution < -0.4 is 0 Å². The van der Waals surface area contributed by atoms with Crippen molar-refractivity contribution in [1.82, 2.24) is 4.31 Å². The predicted molar refractivity (Wildman–Crippen MR) is 34.4 cm³/mol. The number of hydrogen-bond donors (Lipinski definition) is 0. The molecule has 1 aliphatic rings. The minimum absolute atomic E-state index is 0.833. The van der Waals surface area contributed by atoms with Gasteiger partial charge in [0.25, 0.3) is 0 Å². The lowest BCUT2D eigenvalue weighted by Crippen LogP contribution is -1.91. The second kappa shape index (κ2) is 2.22. The number of rotatable bonds is 1. The van der Waals surface area contributed by atoms with Crippen LogP contribution in [-0.2, 0) is 4.79 Å². The van der Waals surface area contributed by atoms with Gasteiger partial charge >= 0.3 is 0 Å². The molecule has 0 radical (unpaired) electrons. The first-order valence-electron chi connectivity index (χ1n) is 2.34. The molecule has 0 atom stereocenters. The van der Waals surface area contributed by atoms with Gasteiger partial charge in [-0.25, -0.2) is 0 Å². The highest BCUT2D eigenvalue weighted by Gasteiger charge is 2.06. The van der Waals surface area contributed by atoms with E-state index in [0.717, 1.165) is 17.6 Å². The van der Waals surface area contributed by atoms with Gasteiger partial charge in [0.2, 0.25) is 0 Å². The topological polar surface area (TPSA) is 20.3 Å². The molecule has 44 valence electrons. The highest BCUT2D eigenvalue weighted by molar-refractivity contribution is 7.97. The molecule has 1 rings (SSSR count). The Hall–Kier alpha value is -0.440. The number of hydrogen-bond acceptors (Lipinski definition) is 3. The molecule has 1 aliphatic heterocycles. The summed E-state index contributed by atoms with van der Waals surface area (Å²) in [5.74, 6) is 0.833. The Labute approximate surface area is 52.7 Å². The van der Waals surface area contributed by atoms with E-state index in [0.29, 0.717) is 0 Å². The molecule has 0 aliphatic carbocycles. The Morgan fingerprint density at radius 3 is 3.00 bits per heavy atom. The smallest absolute Gasteiger partial charge is 0.148 e. The van der Waals surface area contributed by atoms with Gasteiger partial charge in [0.1, 0.15) is 6.29 Å². The summed E-state index contributed by atoms with van der Waals surface area (Å²) in [5, 5.41) is 0. The van der Waals surface area contributed by atoms with Crippen LogP contribution >= 0.6 is 11.9 Å². The summed E-state index contributed by atoms with van der Waals surface area (Å²) in [4.78, 5) is 10.0. The maximum Gasteiger partial charge on any atom is 0.148 e. The largest absolute Gasteiger partial charge is 0.326 e. The third-order valence-corrected chi connectivity index (χ3v) is 1.91. The van der Waals surface area contributed by atoms with E-state index in [1.54, 1.807) is 11.9 Å². The van der Waals surface area contributed by atoms with Crippen molar-refractivity contribution >= 4 is 18.2 Å². The summed E-state index contributed by atoms with van der Waals surface area (Å²) in [6, 6.07) is 0. The standard InChI is InChI=1S/C5H7NOS/c1-6-2-5(3-7)4-8-6/h2-3H,4H2,1H3. The third-order valence-electron chi connectivity index (χ3n) is 0.934. The molecule has 0 aromatic heterocycles. The normalized spacial score (nSPS) is 18.6. The zero-order chi connectivity index (χ0) is 5.98. The highest BCUT2D eigenvalue weighted by Crippen LogP contribution is 2.19. The van der Waals surface area contributed by atoms with Crippen LogP contribution in [0.4, 0.5) is 0 Å². The van der Waals surface area contributed by atoms with Crippen molar-refractivity contribution in [2.24, 2.45) is 0 Å². The molecule has 0 saturated carbocycles. The Morgan fingerprint density at radius 2 is 2.75 bits per heavy atom. The maximum absolute atomic E-state index is 10.0. The third kappa shape index (κ3) is 1.04. The van der Waals surface area contributed by atoms with E-state index in [1.807, 2.05) is 17.6 Å². The van der Waals surface area contributed by atoms with Crippen LogP contribution in [0.5, 0.6) is 0 Å². The lowest BCUT2D eigenvalue weighted by molar-refractivity contribution is -0.104. The van der Waals surface area contributed by atoms with Gasteiger partial charge in [-0.05, 0) is 11.9 Å². The zero-order valence-electron chi connectivity index (χ0n) is 4.63. The fourth-order valence-electron chi connectivity index (χ4n) is 0.549. The van der Waals surface area contributed by atoms with Crippen molar-refractivity contribution in [2.75, 3.05) is 12.8 Å². The molecule has 0 aromatic carbocycles. The summed E-state index contributed by atoms with van der Waals surface area (Å²) in [6.45, 7) is 0. The lowest BCUT2D eigenvalue weighted by Gasteiger charge is -2.00. The van der Waals surface area contributed by atoms with Gasteiger partial charge in [0.15, 0.2) is 0 Å². The minimum atomic E-state index is 0.833. The zero-order valence-corrected chi connectivity index (χ0v) is 5.44. The van der Waals surface area contributed by atoms with Crippen LogP contribution in [0.2, 0.25) is 0 Å². The van der Waals surface area contributed by atoms with Gasteiger partial charge in [-0.1, -0.05) is 0 Å². The Morgan fingerprint density at radius 1 is 2.00 bits per heavy atom. The van der Waals surface area contributed by atoms with Crippen LogP contribution in [0.1, 0.15) is 0 Å². The lowest BCUT2D eigenvalue weighted by atomic mass is 10.4. The number of nitrogens with zero attached hydrogens (tertiary/aromatic N) is 1. The molecule has 0 fully saturated rings. The number of carbonyl (C=O) groups is 1. The Bertz CT molecular complexity index is 132. The first-order chi connectivity index (χ1) is 3.83. The second-order valence-electron chi connectivity index (χ2n) is 1.64. The molecule has 0 spiro atoms. The van der Waals surface area contributed by atoms with E-state index in [9.17, 15) is 4.79 Å². The van der Waals surface area contributed by atoms with Gasteiger partial charge in [-0.3, -0.25) is 4.79 Å². The molecular weight excluding hydrogens is 122 g/mol. The van der Waals surface area contributed by atoms with Gasteiger partial charge < -0.3 is 4.31 Å². The van der Waals surface area contributed by atoms with Crippen LogP contribution in [0.15, 0.2) is 11.8 Å². The average Bonchev–Trinajstić information content (AvgIpc) is 2.14. The van der Waals surface area contributed by atoms with Crippen LogP contribution in [0.3, 0.4) is 0 Å². The molecule has 0 saturated heterocycles. The molecule has 0 bridgehead atoms. The van der Waals surface area contributed by atoms with E-state index >= 15 is 0 Å². The summed E-state index contributed by atoms with van der Waals surface area (Å²) < 4.78 is 1.93. The molecule has 0 N–H and O–H groups in total. The predicted octanol–water partition coefficient (Wildman–Crippen LogP) is 0.663. The molecule has 8 heavy (non-hydrogen) atoms. The number of aldehydes is 1. The maximum atomic E-state index is 10.0. The van der Waals surface area contributed by atoms with E-state index < -0.39 is 0 Å². The molecule has 1 heterocycles. The molecule has 0 amide bonds. The fourth-order valence-corrected chi connectivity index (χ4v) is 1.25. The molecule has 0 unspecified atom stereocenters. The van der Waals surface area contributed by atoms with Crippen molar-refractivity contribution in [1.29, 1.82) is 0 Å². The minimum Gasteiger partial charge on any atom is -0.326 e. The van der Waals surface area contributed by atoms with Gasteiger partial charge in [-0.2, -0.15) is 0 Å². The van der Waals surface area contributed by atoms with Gasteiger partial charge in [0, 0.05) is 24.6 Å². The number of carbonyl (C=O) groups excluding carboxylic acids is 1. The van der Waals surface area contributed by atoms with Crippen molar-refractivity contribution < 1.29 is 4.79 Å². The van der Waals surface area contributed by atoms with Crippen LogP contribution in [0.25, 0.3) is 0 Å². The van der Waals surface area contributed by atoms with E-state index in [4.69, 9.17) is 0 Å². The summed E-state index contributed by atoms with van der Waals surface area (Å²) in [6.07, 6.45) is 2.74. The second-order valence-corrected chi connectivity index (χ2v) is 2.76. The van der Waals surface area contributed by atoms with Crippen molar-refractivity contribution in [3.05, 3.63) is 11.8 Å². The molecule has 2 nitrogen and oxygen atoms in total. The SMILES string of the molecule is CN1C=C(C=O)CS1. The summed E-state index contributed by atoms with van der Waals surface area (Å²) in [5.41, 5.74) is 0.873. The van der Waals surface area contributed by atoms with E-state index in [1.165, 1.54) is 0 Å². The summed E-state index contributed by atoms with van der Waals surface area (Å²) in [7, 11) is 1.93. The molecule has 0 aromatic rings. The molecule has 3 heteroatoms. The summed E-state index contributed by atoms with van der Waals surface area (Å²) >= 11 is 1.64. The van der Waals surface area contributed by atoms with Crippen LogP contribution in [0, 0.1) is 0 Å².